The van der Waals surface area contributed by atoms with Crippen LogP contribution in [0, 0.1) is 12.8 Å². The van der Waals surface area contributed by atoms with Gasteiger partial charge >= 0.3 is 0 Å². The van der Waals surface area contributed by atoms with Crippen LogP contribution >= 0.6 is 31.9 Å². The number of carbonyl (C=O) groups excluding carboxylic acids is 2. The standard InChI is InChI=1S/C20H20Br2N2O2/c1-12-5-6-15(22)10-18(12)24-19(25)7-8-23-20(26)17-11-16(17)13-3-2-4-14(21)9-13/h2-6,9-10,16-17H,7-8,11H2,1H3,(H,23,26)(H,24,25). The largest absolute Gasteiger partial charge is 0.355 e. The minimum absolute atomic E-state index is 0.0136. The monoisotopic (exact) mass is 478 g/mol. The van der Waals surface area contributed by atoms with Crippen LogP contribution in [-0.4, -0.2) is 18.4 Å². The molecule has 3 rings (SSSR count). The Morgan fingerprint density at radius 3 is 2.65 bits per heavy atom. The molecule has 0 spiro atoms. The number of carbonyl (C=O) groups is 2. The summed E-state index contributed by atoms with van der Waals surface area (Å²) in [6.45, 7) is 2.29. The fourth-order valence-corrected chi connectivity index (χ4v) is 3.74. The topological polar surface area (TPSA) is 58.2 Å². The minimum Gasteiger partial charge on any atom is -0.355 e. The van der Waals surface area contributed by atoms with E-state index in [2.05, 4.69) is 54.6 Å². The van der Waals surface area contributed by atoms with Gasteiger partial charge in [-0.2, -0.15) is 0 Å². The number of hydrogen-bond donors (Lipinski definition) is 2. The van der Waals surface area contributed by atoms with E-state index in [9.17, 15) is 9.59 Å². The van der Waals surface area contributed by atoms with Crippen molar-refractivity contribution in [3.05, 3.63) is 62.5 Å². The van der Waals surface area contributed by atoms with E-state index in [0.717, 1.165) is 26.6 Å². The van der Waals surface area contributed by atoms with E-state index in [1.807, 2.05) is 37.3 Å². The number of amides is 2. The number of aryl methyl sites for hydroxylation is 1. The fourth-order valence-electron chi connectivity index (χ4n) is 2.96. The molecule has 2 aromatic rings. The highest BCUT2D eigenvalue weighted by Gasteiger charge is 2.43. The Kier molecular flexibility index (Phi) is 6.14. The molecule has 0 aromatic heterocycles. The normalized spacial score (nSPS) is 18.3. The summed E-state index contributed by atoms with van der Waals surface area (Å²) in [5.41, 5.74) is 2.97. The summed E-state index contributed by atoms with van der Waals surface area (Å²) in [6, 6.07) is 13.8. The predicted molar refractivity (Wildman–Crippen MR) is 110 cm³/mol. The maximum Gasteiger partial charge on any atom is 0.226 e. The van der Waals surface area contributed by atoms with Crippen molar-refractivity contribution >= 4 is 49.4 Å². The van der Waals surface area contributed by atoms with Gasteiger partial charge in [0.2, 0.25) is 11.8 Å². The van der Waals surface area contributed by atoms with Crippen molar-refractivity contribution in [3.8, 4) is 0 Å². The lowest BCUT2D eigenvalue weighted by atomic mass is 10.1. The van der Waals surface area contributed by atoms with Crippen LogP contribution in [0.4, 0.5) is 5.69 Å². The van der Waals surface area contributed by atoms with Crippen molar-refractivity contribution in [1.82, 2.24) is 5.32 Å². The predicted octanol–water partition coefficient (Wildman–Crippen LogP) is 4.77. The zero-order chi connectivity index (χ0) is 18.7. The van der Waals surface area contributed by atoms with Gasteiger partial charge in [-0.05, 0) is 54.7 Å². The zero-order valence-electron chi connectivity index (χ0n) is 14.4. The average molecular weight is 480 g/mol. The molecule has 0 bridgehead atoms. The lowest BCUT2D eigenvalue weighted by Gasteiger charge is -2.09. The molecule has 0 saturated heterocycles. The quantitative estimate of drug-likeness (QED) is 0.626. The van der Waals surface area contributed by atoms with Crippen molar-refractivity contribution < 1.29 is 9.59 Å². The van der Waals surface area contributed by atoms with Crippen molar-refractivity contribution in [2.45, 2.75) is 25.7 Å². The Balaban J connectivity index is 1.43. The Bertz CT molecular complexity index is 838. The van der Waals surface area contributed by atoms with Gasteiger partial charge in [-0.3, -0.25) is 9.59 Å². The Hall–Kier alpha value is -1.66. The molecule has 4 nitrogen and oxygen atoms in total. The third-order valence-corrected chi connectivity index (χ3v) is 5.52. The van der Waals surface area contributed by atoms with Gasteiger partial charge in [-0.1, -0.05) is 50.1 Å². The highest BCUT2D eigenvalue weighted by Crippen LogP contribution is 2.47. The third kappa shape index (κ3) is 4.95. The van der Waals surface area contributed by atoms with E-state index >= 15 is 0 Å². The van der Waals surface area contributed by atoms with Gasteiger partial charge in [0.1, 0.15) is 0 Å². The first-order valence-corrected chi connectivity index (χ1v) is 10.1. The van der Waals surface area contributed by atoms with E-state index in [4.69, 9.17) is 0 Å². The molecule has 2 unspecified atom stereocenters. The summed E-state index contributed by atoms with van der Waals surface area (Å²) in [6.07, 6.45) is 1.12. The van der Waals surface area contributed by atoms with Crippen molar-refractivity contribution in [2.75, 3.05) is 11.9 Å². The second-order valence-electron chi connectivity index (χ2n) is 6.55. The Morgan fingerprint density at radius 1 is 1.12 bits per heavy atom. The molecule has 26 heavy (non-hydrogen) atoms. The molecule has 2 N–H and O–H groups in total. The first-order chi connectivity index (χ1) is 12.4. The van der Waals surface area contributed by atoms with E-state index < -0.39 is 0 Å². The van der Waals surface area contributed by atoms with Crippen LogP contribution < -0.4 is 10.6 Å². The lowest BCUT2D eigenvalue weighted by molar-refractivity contribution is -0.122. The number of nitrogens with one attached hydrogen (secondary N) is 2. The molecule has 1 saturated carbocycles. The SMILES string of the molecule is Cc1ccc(Br)cc1NC(=O)CCNC(=O)C1CC1c1cccc(Br)c1. The Morgan fingerprint density at radius 2 is 1.88 bits per heavy atom. The summed E-state index contributed by atoms with van der Waals surface area (Å²) in [7, 11) is 0. The maximum atomic E-state index is 12.3. The van der Waals surface area contributed by atoms with Gasteiger partial charge in [-0.25, -0.2) is 0 Å². The molecule has 2 atom stereocenters. The first kappa shape index (κ1) is 19.1. The molecular weight excluding hydrogens is 460 g/mol. The van der Waals surface area contributed by atoms with Gasteiger partial charge in [0.25, 0.3) is 0 Å². The Labute approximate surface area is 170 Å². The highest BCUT2D eigenvalue weighted by molar-refractivity contribution is 9.10. The van der Waals surface area contributed by atoms with E-state index in [1.165, 1.54) is 5.56 Å². The second-order valence-corrected chi connectivity index (χ2v) is 8.38. The van der Waals surface area contributed by atoms with Crippen molar-refractivity contribution in [3.63, 3.8) is 0 Å². The summed E-state index contributed by atoms with van der Waals surface area (Å²) in [4.78, 5) is 24.3. The molecule has 2 amide bonds. The minimum atomic E-state index is -0.106. The van der Waals surface area contributed by atoms with Crippen LogP contribution in [0.2, 0.25) is 0 Å². The van der Waals surface area contributed by atoms with Crippen molar-refractivity contribution in [2.24, 2.45) is 5.92 Å². The van der Waals surface area contributed by atoms with Gasteiger partial charge in [0.05, 0.1) is 0 Å². The van der Waals surface area contributed by atoms with E-state index in [1.54, 1.807) is 0 Å². The van der Waals surface area contributed by atoms with Gasteiger partial charge < -0.3 is 10.6 Å². The van der Waals surface area contributed by atoms with E-state index in [-0.39, 0.29) is 30.1 Å². The molecule has 6 heteroatoms. The van der Waals surface area contributed by atoms with Gasteiger partial charge in [0.15, 0.2) is 0 Å². The van der Waals surface area contributed by atoms with Crippen LogP contribution in [0.25, 0.3) is 0 Å². The maximum absolute atomic E-state index is 12.3. The number of rotatable bonds is 6. The summed E-state index contributed by atoms with van der Waals surface area (Å²) in [5.74, 6) is 0.220. The third-order valence-electron chi connectivity index (χ3n) is 4.53. The number of benzene rings is 2. The smallest absolute Gasteiger partial charge is 0.226 e. The average Bonchev–Trinajstić information content (AvgIpc) is 3.39. The molecule has 1 fully saturated rings. The van der Waals surface area contributed by atoms with Crippen LogP contribution in [0.1, 0.15) is 29.9 Å². The molecule has 1 aliphatic carbocycles. The summed E-state index contributed by atoms with van der Waals surface area (Å²) in [5, 5.41) is 5.77. The first-order valence-electron chi connectivity index (χ1n) is 8.53. The number of anilines is 1. The van der Waals surface area contributed by atoms with Gasteiger partial charge in [0, 0.05) is 33.5 Å². The lowest BCUT2D eigenvalue weighted by Crippen LogP contribution is -2.29. The van der Waals surface area contributed by atoms with E-state index in [0.29, 0.717) is 6.54 Å². The van der Waals surface area contributed by atoms with Crippen molar-refractivity contribution in [1.29, 1.82) is 0 Å². The molecular formula is C20H20Br2N2O2. The van der Waals surface area contributed by atoms with Crippen LogP contribution in [0.15, 0.2) is 51.4 Å². The summed E-state index contributed by atoms with van der Waals surface area (Å²) < 4.78 is 1.94. The molecule has 0 heterocycles. The molecule has 0 radical (unpaired) electrons. The molecule has 1 aliphatic rings. The van der Waals surface area contributed by atoms with Crippen LogP contribution in [0.3, 0.4) is 0 Å². The molecule has 136 valence electrons. The summed E-state index contributed by atoms with van der Waals surface area (Å²) >= 11 is 6.86. The van der Waals surface area contributed by atoms with Crippen LogP contribution in [-0.2, 0) is 9.59 Å². The molecule has 0 aliphatic heterocycles. The number of halogens is 2. The van der Waals surface area contributed by atoms with Gasteiger partial charge in [-0.15, -0.1) is 0 Å². The zero-order valence-corrected chi connectivity index (χ0v) is 17.6. The highest BCUT2D eigenvalue weighted by atomic mass is 79.9. The number of hydrogen-bond acceptors (Lipinski definition) is 2. The second kappa shape index (κ2) is 8.35. The fraction of sp³-hybridized carbons (Fsp3) is 0.300. The molecule has 2 aromatic carbocycles. The van der Waals surface area contributed by atoms with Crippen LogP contribution in [0.5, 0.6) is 0 Å².